The van der Waals surface area contributed by atoms with Gasteiger partial charge in [0, 0.05) is 16.8 Å². The normalized spacial score (nSPS) is 39.9. The Balaban J connectivity index is 1.29. The molecule has 0 spiro atoms. The van der Waals surface area contributed by atoms with Crippen molar-refractivity contribution in [2.75, 3.05) is 5.32 Å². The smallest absolute Gasteiger partial charge is 0.226 e. The molecule has 136 valence electrons. The Morgan fingerprint density at radius 2 is 1.96 bits per heavy atom. The maximum absolute atomic E-state index is 12.9. The lowest BCUT2D eigenvalue weighted by Gasteiger charge is -2.60. The van der Waals surface area contributed by atoms with E-state index in [1.165, 1.54) is 64.2 Å². The van der Waals surface area contributed by atoms with E-state index < -0.39 is 0 Å². The van der Waals surface area contributed by atoms with Crippen molar-refractivity contribution < 1.29 is 4.79 Å². The van der Waals surface area contributed by atoms with E-state index in [1.54, 1.807) is 0 Å². The van der Waals surface area contributed by atoms with Crippen LogP contribution < -0.4 is 5.32 Å². The molecule has 1 N–H and O–H groups in total. The molecule has 0 aliphatic heterocycles. The molecule has 1 aromatic heterocycles. The number of nitrogens with one attached hydrogen (secondary N) is 1. The quantitative estimate of drug-likeness (QED) is 0.711. The van der Waals surface area contributed by atoms with Crippen LogP contribution in [0.5, 0.6) is 0 Å². The average Bonchev–Trinajstić information content (AvgIpc) is 3.14. The van der Waals surface area contributed by atoms with Crippen LogP contribution in [-0.4, -0.2) is 20.0 Å². The second-order valence-electron chi connectivity index (χ2n) is 9.44. The van der Waals surface area contributed by atoms with Crippen LogP contribution in [0.4, 0.5) is 5.82 Å². The molecule has 1 heterocycles. The molecule has 1 amide bonds. The van der Waals surface area contributed by atoms with Crippen LogP contribution in [0.15, 0.2) is 12.3 Å². The van der Waals surface area contributed by atoms with Gasteiger partial charge in [-0.1, -0.05) is 28.8 Å². The van der Waals surface area contributed by atoms with Crippen LogP contribution in [0.1, 0.15) is 76.7 Å². The molecular weight excluding hydrogens is 378 g/mol. The molecule has 25 heavy (non-hydrogen) atoms. The summed E-state index contributed by atoms with van der Waals surface area (Å²) in [6.45, 7) is 0. The zero-order chi connectivity index (χ0) is 17.1. The predicted molar refractivity (Wildman–Crippen MR) is 102 cm³/mol. The van der Waals surface area contributed by atoms with Crippen molar-refractivity contribution >= 4 is 27.7 Å². The number of carbonyl (C=O) groups excluding carboxylic acids is 1. The van der Waals surface area contributed by atoms with E-state index in [4.69, 9.17) is 0 Å². The molecule has 2 unspecified atom stereocenters. The van der Waals surface area contributed by atoms with Gasteiger partial charge in [0.1, 0.15) is 5.82 Å². The number of alkyl halides is 1. The highest BCUT2D eigenvalue weighted by Crippen LogP contribution is 2.65. The van der Waals surface area contributed by atoms with Gasteiger partial charge < -0.3 is 5.32 Å². The number of hydrogen-bond donors (Lipinski definition) is 1. The largest absolute Gasteiger partial charge is 0.311 e. The van der Waals surface area contributed by atoms with E-state index in [1.807, 2.05) is 12.3 Å². The number of anilines is 1. The molecule has 0 aromatic carbocycles. The molecule has 5 aliphatic rings. The summed E-state index contributed by atoms with van der Waals surface area (Å²) < 4.78 is 2.37. The highest BCUT2D eigenvalue weighted by Gasteiger charge is 2.57. The number of amides is 1. The summed E-state index contributed by atoms with van der Waals surface area (Å²) in [5.74, 6) is 2.75. The zero-order valence-electron chi connectivity index (χ0n) is 14.8. The first-order valence-corrected chi connectivity index (χ1v) is 10.8. The molecule has 4 nitrogen and oxygen atoms in total. The van der Waals surface area contributed by atoms with Gasteiger partial charge in [-0.15, -0.1) is 0 Å². The minimum Gasteiger partial charge on any atom is -0.311 e. The van der Waals surface area contributed by atoms with Crippen molar-refractivity contribution in [3.63, 3.8) is 0 Å². The van der Waals surface area contributed by atoms with Gasteiger partial charge in [0.15, 0.2) is 0 Å². The lowest BCUT2D eigenvalue weighted by molar-refractivity contribution is -0.123. The number of halogens is 1. The van der Waals surface area contributed by atoms with Gasteiger partial charge in [-0.05, 0) is 68.6 Å². The van der Waals surface area contributed by atoms with Crippen LogP contribution in [0.3, 0.4) is 0 Å². The number of aromatic nitrogens is 2. The van der Waals surface area contributed by atoms with Gasteiger partial charge in [0.2, 0.25) is 5.91 Å². The van der Waals surface area contributed by atoms with E-state index in [-0.39, 0.29) is 11.3 Å². The molecule has 0 saturated heterocycles. The fourth-order valence-corrected chi connectivity index (χ4v) is 8.43. The number of hydrogen-bond acceptors (Lipinski definition) is 2. The van der Waals surface area contributed by atoms with Gasteiger partial charge in [0.25, 0.3) is 0 Å². The number of carbonyl (C=O) groups is 1. The predicted octanol–water partition coefficient (Wildman–Crippen LogP) is 5.06. The van der Waals surface area contributed by atoms with Crippen LogP contribution in [0.25, 0.3) is 0 Å². The third kappa shape index (κ3) is 2.96. The molecule has 4 bridgehead atoms. The molecule has 5 fully saturated rings. The lowest BCUT2D eigenvalue weighted by atomic mass is 9.48. The van der Waals surface area contributed by atoms with E-state index >= 15 is 0 Å². The summed E-state index contributed by atoms with van der Waals surface area (Å²) in [6, 6.07) is 2.43. The van der Waals surface area contributed by atoms with Crippen molar-refractivity contribution in [2.45, 2.75) is 81.0 Å². The molecule has 5 saturated carbocycles. The Morgan fingerprint density at radius 3 is 2.64 bits per heavy atom. The van der Waals surface area contributed by atoms with Crippen molar-refractivity contribution in [3.8, 4) is 0 Å². The Kier molecular flexibility index (Phi) is 3.81. The van der Waals surface area contributed by atoms with E-state index in [9.17, 15) is 4.79 Å². The summed E-state index contributed by atoms with van der Waals surface area (Å²) in [5.41, 5.74) is 0.232. The number of rotatable bonds is 4. The Hall–Kier alpha value is -0.840. The summed E-state index contributed by atoms with van der Waals surface area (Å²) in [5, 5.41) is 7.68. The summed E-state index contributed by atoms with van der Waals surface area (Å²) in [7, 11) is 0. The third-order valence-electron chi connectivity index (χ3n) is 7.25. The standard InChI is InChI=1S/C20H28BrN3O/c21-20-10-14-7-15(11-20)9-19(8-14,13-20)12-18(25)23-17-5-6-22-24(17)16-3-1-2-4-16/h5-6,14-16H,1-4,7-13H2,(H,23,25). The van der Waals surface area contributed by atoms with Gasteiger partial charge in [-0.25, -0.2) is 4.68 Å². The van der Waals surface area contributed by atoms with Gasteiger partial charge in [-0.3, -0.25) is 4.79 Å². The zero-order valence-corrected chi connectivity index (χ0v) is 16.4. The molecule has 2 atom stereocenters. The van der Waals surface area contributed by atoms with Crippen molar-refractivity contribution in [1.29, 1.82) is 0 Å². The van der Waals surface area contributed by atoms with Gasteiger partial charge in [0.05, 0.1) is 12.2 Å². The molecular formula is C20H28BrN3O. The second-order valence-corrected chi connectivity index (χ2v) is 11.1. The second kappa shape index (κ2) is 5.83. The summed E-state index contributed by atoms with van der Waals surface area (Å²) in [6.07, 6.45) is 15.2. The average molecular weight is 406 g/mol. The van der Waals surface area contributed by atoms with Crippen molar-refractivity contribution in [2.24, 2.45) is 17.3 Å². The fraction of sp³-hybridized carbons (Fsp3) is 0.800. The van der Waals surface area contributed by atoms with Gasteiger partial charge >= 0.3 is 0 Å². The topological polar surface area (TPSA) is 46.9 Å². The van der Waals surface area contributed by atoms with Crippen LogP contribution in [-0.2, 0) is 4.79 Å². The highest BCUT2D eigenvalue weighted by atomic mass is 79.9. The van der Waals surface area contributed by atoms with Crippen molar-refractivity contribution in [1.82, 2.24) is 9.78 Å². The monoisotopic (exact) mass is 405 g/mol. The molecule has 1 aromatic rings. The van der Waals surface area contributed by atoms with Crippen LogP contribution in [0, 0.1) is 17.3 Å². The van der Waals surface area contributed by atoms with E-state index in [0.717, 1.165) is 17.7 Å². The highest BCUT2D eigenvalue weighted by molar-refractivity contribution is 9.10. The Bertz CT molecular complexity index is 664. The van der Waals surface area contributed by atoms with Crippen molar-refractivity contribution in [3.05, 3.63) is 12.3 Å². The van der Waals surface area contributed by atoms with E-state index in [0.29, 0.717) is 16.8 Å². The maximum atomic E-state index is 12.9. The Morgan fingerprint density at radius 1 is 1.24 bits per heavy atom. The SMILES string of the molecule is O=C(CC12CC3CC(CC(Br)(C3)C1)C2)Nc1ccnn1C1CCCC1. The number of nitrogens with zero attached hydrogens (tertiary/aromatic N) is 2. The third-order valence-corrected chi connectivity index (χ3v) is 8.18. The summed E-state index contributed by atoms with van der Waals surface area (Å²) in [4.78, 5) is 12.9. The maximum Gasteiger partial charge on any atom is 0.226 e. The minimum atomic E-state index is 0.192. The Labute approximate surface area is 158 Å². The minimum absolute atomic E-state index is 0.192. The molecule has 5 aliphatic carbocycles. The fourth-order valence-electron chi connectivity index (χ4n) is 6.92. The lowest BCUT2D eigenvalue weighted by Crippen LogP contribution is -2.53. The van der Waals surface area contributed by atoms with Crippen LogP contribution in [0.2, 0.25) is 0 Å². The molecule has 6 rings (SSSR count). The first kappa shape index (κ1) is 16.3. The molecule has 5 heteroatoms. The van der Waals surface area contributed by atoms with Crippen LogP contribution >= 0.6 is 15.9 Å². The molecule has 0 radical (unpaired) electrons. The van der Waals surface area contributed by atoms with E-state index in [2.05, 4.69) is 31.0 Å². The first-order valence-electron chi connectivity index (χ1n) is 10.0. The van der Waals surface area contributed by atoms with Gasteiger partial charge in [-0.2, -0.15) is 5.10 Å². The summed E-state index contributed by atoms with van der Waals surface area (Å²) >= 11 is 4.05. The first-order chi connectivity index (χ1) is 12.0.